The van der Waals surface area contributed by atoms with Crippen LogP contribution in [0, 0.1) is 16.7 Å². The van der Waals surface area contributed by atoms with Crippen LogP contribution >= 0.6 is 0 Å². The number of rotatable bonds is 9. The number of nitrogens with one attached hydrogen (secondary N) is 2. The first kappa shape index (κ1) is 26.7. The van der Waals surface area contributed by atoms with E-state index in [1.807, 2.05) is 18.2 Å². The normalized spacial score (nSPS) is 15.1. The number of carboxylic acid groups (broad SMARTS) is 1. The van der Waals surface area contributed by atoms with Gasteiger partial charge in [-0.05, 0) is 50.8 Å². The number of methoxy groups -OCH3 is 1. The number of nitrogens with zero attached hydrogens (tertiary/aromatic N) is 1. The van der Waals surface area contributed by atoms with Gasteiger partial charge in [-0.15, -0.1) is 0 Å². The molecule has 1 fully saturated rings. The first-order valence-corrected chi connectivity index (χ1v) is 11.9. The molecule has 3 rings (SSSR count). The Morgan fingerprint density at radius 2 is 1.69 bits per heavy atom. The molecular formula is C27H34N4O5. The molecule has 0 bridgehead atoms. The van der Waals surface area contributed by atoms with Crippen molar-refractivity contribution < 1.29 is 24.2 Å². The molecule has 2 aromatic carbocycles. The molecule has 0 spiro atoms. The van der Waals surface area contributed by atoms with E-state index in [2.05, 4.69) is 5.32 Å². The second-order valence-corrected chi connectivity index (χ2v) is 9.69. The molecule has 1 unspecified atom stereocenters. The predicted octanol–water partition coefficient (Wildman–Crippen LogP) is 3.19. The SMILES string of the molecule is COc1ccccc1C(NC(=O)c1ccc(C(=N)N)cc1)C(C)(C)C(=O)N1CCC(CC(=O)O)CC1. The van der Waals surface area contributed by atoms with E-state index >= 15 is 0 Å². The maximum absolute atomic E-state index is 13.8. The lowest BCUT2D eigenvalue weighted by Gasteiger charge is -2.41. The van der Waals surface area contributed by atoms with Crippen LogP contribution < -0.4 is 15.8 Å². The molecule has 0 radical (unpaired) electrons. The highest BCUT2D eigenvalue weighted by molar-refractivity contribution is 5.98. The van der Waals surface area contributed by atoms with Crippen molar-refractivity contribution in [3.8, 4) is 5.75 Å². The van der Waals surface area contributed by atoms with Crippen molar-refractivity contribution in [2.45, 2.75) is 39.2 Å². The number of piperidine rings is 1. The number of benzene rings is 2. The van der Waals surface area contributed by atoms with Crippen molar-refractivity contribution in [2.75, 3.05) is 20.2 Å². The lowest BCUT2D eigenvalue weighted by molar-refractivity contribution is -0.144. The van der Waals surface area contributed by atoms with Gasteiger partial charge in [0.15, 0.2) is 0 Å². The third-order valence-electron chi connectivity index (χ3n) is 6.82. The van der Waals surface area contributed by atoms with E-state index in [1.54, 1.807) is 56.2 Å². The lowest BCUT2D eigenvalue weighted by atomic mass is 9.77. The Balaban J connectivity index is 1.88. The van der Waals surface area contributed by atoms with Gasteiger partial charge in [-0.25, -0.2) is 0 Å². The van der Waals surface area contributed by atoms with Crippen LogP contribution in [0.1, 0.15) is 60.6 Å². The first-order valence-electron chi connectivity index (χ1n) is 11.9. The summed E-state index contributed by atoms with van der Waals surface area (Å²) in [4.78, 5) is 39.9. The Labute approximate surface area is 211 Å². The molecular weight excluding hydrogens is 460 g/mol. The van der Waals surface area contributed by atoms with Crippen molar-refractivity contribution in [1.29, 1.82) is 5.41 Å². The minimum atomic E-state index is -1.04. The van der Waals surface area contributed by atoms with Crippen molar-refractivity contribution in [3.63, 3.8) is 0 Å². The second kappa shape index (κ2) is 11.2. The largest absolute Gasteiger partial charge is 0.496 e. The number of hydrogen-bond acceptors (Lipinski definition) is 5. The molecule has 0 aromatic heterocycles. The van der Waals surface area contributed by atoms with E-state index < -0.39 is 17.4 Å². The fraction of sp³-hybridized carbons (Fsp3) is 0.407. The molecule has 0 saturated carbocycles. The number of carbonyl (C=O) groups is 3. The van der Waals surface area contributed by atoms with Crippen LogP contribution in [0.2, 0.25) is 0 Å². The number of aliphatic carboxylic acids is 1. The van der Waals surface area contributed by atoms with Crippen molar-refractivity contribution in [3.05, 3.63) is 65.2 Å². The summed E-state index contributed by atoms with van der Waals surface area (Å²) in [5.74, 6) is -0.808. The van der Waals surface area contributed by atoms with Gasteiger partial charge in [-0.3, -0.25) is 19.8 Å². The van der Waals surface area contributed by atoms with Crippen LogP contribution in [0.3, 0.4) is 0 Å². The van der Waals surface area contributed by atoms with E-state index in [-0.39, 0.29) is 30.0 Å². The number of ether oxygens (including phenoxy) is 1. The number of carbonyl (C=O) groups excluding carboxylic acids is 2. The summed E-state index contributed by atoms with van der Waals surface area (Å²) in [5, 5.41) is 19.7. The van der Waals surface area contributed by atoms with Crippen LogP contribution in [-0.2, 0) is 9.59 Å². The summed E-state index contributed by atoms with van der Waals surface area (Å²) in [6.45, 7) is 4.54. The minimum Gasteiger partial charge on any atom is -0.496 e. The third-order valence-corrected chi connectivity index (χ3v) is 6.82. The molecule has 1 aliphatic rings. The quantitative estimate of drug-likeness (QED) is 0.311. The van der Waals surface area contributed by atoms with Crippen LogP contribution in [0.15, 0.2) is 48.5 Å². The second-order valence-electron chi connectivity index (χ2n) is 9.69. The molecule has 1 atom stereocenters. The number of hydrogen-bond donors (Lipinski definition) is 4. The first-order chi connectivity index (χ1) is 17.0. The van der Waals surface area contributed by atoms with Crippen molar-refractivity contribution >= 4 is 23.6 Å². The number of nitrogens with two attached hydrogens (primary N) is 1. The van der Waals surface area contributed by atoms with Crippen molar-refractivity contribution in [2.24, 2.45) is 17.1 Å². The summed E-state index contributed by atoms with van der Waals surface area (Å²) < 4.78 is 5.56. The van der Waals surface area contributed by atoms with Crippen molar-refractivity contribution in [1.82, 2.24) is 10.2 Å². The lowest BCUT2D eigenvalue weighted by Crippen LogP contribution is -2.51. The summed E-state index contributed by atoms with van der Waals surface area (Å²) >= 11 is 0. The zero-order valence-corrected chi connectivity index (χ0v) is 20.9. The van der Waals surface area contributed by atoms with Gasteiger partial charge in [0.25, 0.3) is 5.91 Å². The van der Waals surface area contributed by atoms with Crippen LogP contribution in [-0.4, -0.2) is 53.8 Å². The highest BCUT2D eigenvalue weighted by Crippen LogP contribution is 2.40. The number of amides is 2. The highest BCUT2D eigenvalue weighted by atomic mass is 16.5. The maximum Gasteiger partial charge on any atom is 0.303 e. The van der Waals surface area contributed by atoms with Gasteiger partial charge in [0.05, 0.1) is 18.6 Å². The van der Waals surface area contributed by atoms with E-state index in [0.717, 1.165) is 0 Å². The number of amidine groups is 1. The Morgan fingerprint density at radius 3 is 2.25 bits per heavy atom. The molecule has 192 valence electrons. The third kappa shape index (κ3) is 6.02. The minimum absolute atomic E-state index is 0.0531. The summed E-state index contributed by atoms with van der Waals surface area (Å²) in [7, 11) is 1.54. The topological polar surface area (TPSA) is 146 Å². The number of nitrogen functional groups attached to an aromatic ring is 1. The van der Waals surface area contributed by atoms with E-state index in [0.29, 0.717) is 48.4 Å². The molecule has 1 aliphatic heterocycles. The maximum atomic E-state index is 13.8. The molecule has 9 nitrogen and oxygen atoms in total. The number of para-hydroxylation sites is 1. The standard InChI is InChI=1S/C27H34N4O5/c1-27(2,26(35)31-14-12-17(13-15-31)16-22(32)33)23(20-6-4-5-7-21(20)36-3)30-25(34)19-10-8-18(9-11-19)24(28)29/h4-11,17,23H,12-16H2,1-3H3,(H3,28,29)(H,30,34)(H,32,33). The Morgan fingerprint density at radius 1 is 1.11 bits per heavy atom. The Kier molecular flexibility index (Phi) is 8.34. The highest BCUT2D eigenvalue weighted by Gasteiger charge is 2.43. The molecule has 1 heterocycles. The average molecular weight is 495 g/mol. The van der Waals surface area contributed by atoms with Gasteiger partial charge in [0, 0.05) is 36.2 Å². The van der Waals surface area contributed by atoms with Gasteiger partial charge < -0.3 is 25.8 Å². The number of likely N-dealkylation sites (tertiary alicyclic amines) is 1. The molecule has 36 heavy (non-hydrogen) atoms. The number of carboxylic acids is 1. The summed E-state index contributed by atoms with van der Waals surface area (Å²) in [6, 6.07) is 12.9. The van der Waals surface area contributed by atoms with E-state index in [9.17, 15) is 14.4 Å². The molecule has 9 heteroatoms. The zero-order chi connectivity index (χ0) is 26.5. The molecule has 1 saturated heterocycles. The smallest absolute Gasteiger partial charge is 0.303 e. The molecule has 0 aliphatic carbocycles. The van der Waals surface area contributed by atoms with Gasteiger partial charge >= 0.3 is 5.97 Å². The Hall–Kier alpha value is -3.88. The van der Waals surface area contributed by atoms with E-state index in [1.165, 1.54) is 0 Å². The monoisotopic (exact) mass is 494 g/mol. The van der Waals surface area contributed by atoms with Gasteiger partial charge in [-0.2, -0.15) is 0 Å². The fourth-order valence-electron chi connectivity index (χ4n) is 4.69. The van der Waals surface area contributed by atoms with E-state index in [4.69, 9.17) is 21.0 Å². The molecule has 5 N–H and O–H groups in total. The van der Waals surface area contributed by atoms with Gasteiger partial charge in [0.1, 0.15) is 11.6 Å². The zero-order valence-electron chi connectivity index (χ0n) is 20.9. The van der Waals surface area contributed by atoms with Crippen LogP contribution in [0.5, 0.6) is 5.75 Å². The average Bonchev–Trinajstić information content (AvgIpc) is 2.86. The fourth-order valence-corrected chi connectivity index (χ4v) is 4.69. The predicted molar refractivity (Wildman–Crippen MR) is 136 cm³/mol. The summed E-state index contributed by atoms with van der Waals surface area (Å²) in [5.41, 5.74) is 6.04. The Bertz CT molecular complexity index is 1120. The van der Waals surface area contributed by atoms with Crippen LogP contribution in [0.4, 0.5) is 0 Å². The van der Waals surface area contributed by atoms with Crippen LogP contribution in [0.25, 0.3) is 0 Å². The molecule has 2 amide bonds. The molecule has 2 aromatic rings. The summed E-state index contributed by atoms with van der Waals surface area (Å²) in [6.07, 6.45) is 1.36. The van der Waals surface area contributed by atoms with Gasteiger partial charge in [0.2, 0.25) is 5.91 Å². The van der Waals surface area contributed by atoms with Gasteiger partial charge in [-0.1, -0.05) is 30.3 Å².